The Bertz CT molecular complexity index is 1330. The van der Waals surface area contributed by atoms with E-state index >= 15 is 0 Å². The van der Waals surface area contributed by atoms with Crippen LogP contribution in [0.2, 0.25) is 0 Å². The van der Waals surface area contributed by atoms with Crippen LogP contribution in [0.25, 0.3) is 17.2 Å². The summed E-state index contributed by atoms with van der Waals surface area (Å²) in [7, 11) is 0. The van der Waals surface area contributed by atoms with Gasteiger partial charge in [-0.1, -0.05) is 72.8 Å². The molecular weight excluding hydrogens is 388 g/mol. The summed E-state index contributed by atoms with van der Waals surface area (Å²) in [5, 5.41) is 0. The van der Waals surface area contributed by atoms with Crippen molar-refractivity contribution in [1.82, 2.24) is 9.97 Å². The van der Waals surface area contributed by atoms with Crippen molar-refractivity contribution in [2.45, 2.75) is 38.5 Å². The Morgan fingerprint density at radius 3 is 2.47 bits per heavy atom. The molecule has 0 bridgehead atoms. The number of nitrogens with zero attached hydrogens (tertiary/aromatic N) is 2. The zero-order valence-electron chi connectivity index (χ0n) is 18.2. The summed E-state index contributed by atoms with van der Waals surface area (Å²) in [6, 6.07) is 24.6. The Balaban J connectivity index is 1.11. The fourth-order valence-electron chi connectivity index (χ4n) is 5.01. The average molecular weight is 415 g/mol. The summed E-state index contributed by atoms with van der Waals surface area (Å²) in [5.74, 6) is 0.946. The lowest BCUT2D eigenvalue weighted by molar-refractivity contribution is 0.814. The maximum Gasteiger partial charge on any atom is 0.128 e. The molecular formula is C30H26N2. The van der Waals surface area contributed by atoms with E-state index in [0.717, 1.165) is 50.0 Å². The quantitative estimate of drug-likeness (QED) is 0.331. The molecule has 0 saturated heterocycles. The van der Waals surface area contributed by atoms with E-state index in [2.05, 4.69) is 83.9 Å². The van der Waals surface area contributed by atoms with E-state index in [1.165, 1.54) is 44.5 Å². The fraction of sp³-hybridized carbons (Fsp3) is 0.200. The van der Waals surface area contributed by atoms with Gasteiger partial charge in [0.15, 0.2) is 0 Å². The van der Waals surface area contributed by atoms with Gasteiger partial charge in [-0.3, -0.25) is 0 Å². The number of benzene rings is 3. The molecule has 0 aliphatic heterocycles. The molecule has 0 radical (unpaired) electrons. The highest BCUT2D eigenvalue weighted by atomic mass is 14.9. The van der Waals surface area contributed by atoms with Gasteiger partial charge in [-0.05, 0) is 82.7 Å². The second-order valence-corrected chi connectivity index (χ2v) is 8.93. The first-order valence-corrected chi connectivity index (χ1v) is 11.6. The van der Waals surface area contributed by atoms with Crippen LogP contribution < -0.4 is 0 Å². The standard InChI is InChI=1S/C30H26N2/c1-2-7-28-25(4-1)20-26-13-9-22(19-29(26)28)10-14-27-16-17-31-30(32-27)15-11-21-8-12-23-5-3-6-24(23)18-21/h1-4,6-9,12-13,16-19H,5,10-11,14-15,20H2. The zero-order chi connectivity index (χ0) is 21.3. The van der Waals surface area contributed by atoms with Crippen LogP contribution in [0.5, 0.6) is 0 Å². The number of rotatable bonds is 6. The Kier molecular flexibility index (Phi) is 4.92. The molecule has 2 nitrogen and oxygen atoms in total. The van der Waals surface area contributed by atoms with Crippen molar-refractivity contribution in [2.75, 3.05) is 0 Å². The van der Waals surface area contributed by atoms with Crippen LogP contribution in [0, 0.1) is 0 Å². The highest BCUT2D eigenvalue weighted by Crippen LogP contribution is 2.37. The minimum atomic E-state index is 0.881. The molecule has 0 N–H and O–H groups in total. The lowest BCUT2D eigenvalue weighted by Gasteiger charge is -2.08. The van der Waals surface area contributed by atoms with Crippen molar-refractivity contribution in [2.24, 2.45) is 0 Å². The average Bonchev–Trinajstić information content (AvgIpc) is 3.45. The summed E-state index contributed by atoms with van der Waals surface area (Å²) >= 11 is 0. The molecule has 2 aliphatic carbocycles. The van der Waals surface area contributed by atoms with Gasteiger partial charge in [-0.15, -0.1) is 0 Å². The van der Waals surface area contributed by atoms with Crippen molar-refractivity contribution in [1.29, 1.82) is 0 Å². The summed E-state index contributed by atoms with van der Waals surface area (Å²) in [4.78, 5) is 9.39. The first-order chi connectivity index (χ1) is 15.8. The molecule has 3 aromatic carbocycles. The van der Waals surface area contributed by atoms with Crippen LogP contribution in [0.15, 0.2) is 79.0 Å². The Morgan fingerprint density at radius 1 is 0.688 bits per heavy atom. The third-order valence-electron chi connectivity index (χ3n) is 6.78. The van der Waals surface area contributed by atoms with Crippen molar-refractivity contribution >= 4 is 6.08 Å². The van der Waals surface area contributed by atoms with Gasteiger partial charge in [0.05, 0.1) is 0 Å². The minimum Gasteiger partial charge on any atom is -0.241 e. The maximum absolute atomic E-state index is 4.86. The second kappa shape index (κ2) is 8.20. The fourth-order valence-corrected chi connectivity index (χ4v) is 5.01. The zero-order valence-corrected chi connectivity index (χ0v) is 18.2. The molecule has 4 aromatic rings. The first-order valence-electron chi connectivity index (χ1n) is 11.6. The van der Waals surface area contributed by atoms with Crippen LogP contribution in [0.3, 0.4) is 0 Å². The van der Waals surface area contributed by atoms with Gasteiger partial charge in [0.25, 0.3) is 0 Å². The number of aryl methyl sites for hydroxylation is 4. The molecule has 0 spiro atoms. The highest BCUT2D eigenvalue weighted by Gasteiger charge is 2.17. The van der Waals surface area contributed by atoms with E-state index in [1.807, 2.05) is 6.20 Å². The summed E-state index contributed by atoms with van der Waals surface area (Å²) in [6.07, 6.45) is 12.3. The van der Waals surface area contributed by atoms with E-state index in [4.69, 9.17) is 4.98 Å². The number of fused-ring (bicyclic) bond motifs is 4. The van der Waals surface area contributed by atoms with Crippen molar-refractivity contribution in [3.8, 4) is 11.1 Å². The summed E-state index contributed by atoms with van der Waals surface area (Å²) in [6.45, 7) is 0. The smallest absolute Gasteiger partial charge is 0.128 e. The highest BCUT2D eigenvalue weighted by molar-refractivity contribution is 5.77. The van der Waals surface area contributed by atoms with E-state index in [1.54, 1.807) is 0 Å². The van der Waals surface area contributed by atoms with Gasteiger partial charge < -0.3 is 0 Å². The molecule has 0 saturated carbocycles. The monoisotopic (exact) mass is 414 g/mol. The van der Waals surface area contributed by atoms with Crippen LogP contribution in [-0.4, -0.2) is 9.97 Å². The molecule has 1 aromatic heterocycles. The minimum absolute atomic E-state index is 0.881. The lowest BCUT2D eigenvalue weighted by atomic mass is 10.00. The number of hydrogen-bond acceptors (Lipinski definition) is 2. The van der Waals surface area contributed by atoms with E-state index in [-0.39, 0.29) is 0 Å². The molecule has 0 atom stereocenters. The summed E-state index contributed by atoms with van der Waals surface area (Å²) in [5.41, 5.74) is 12.4. The third-order valence-corrected chi connectivity index (χ3v) is 6.78. The molecule has 32 heavy (non-hydrogen) atoms. The molecule has 2 aliphatic rings. The van der Waals surface area contributed by atoms with Crippen LogP contribution in [-0.2, 0) is 38.5 Å². The normalized spacial score (nSPS) is 13.1. The van der Waals surface area contributed by atoms with E-state index < -0.39 is 0 Å². The molecule has 6 rings (SSSR count). The number of allylic oxidation sites excluding steroid dienone is 1. The van der Waals surface area contributed by atoms with Crippen molar-refractivity contribution in [3.05, 3.63) is 124 Å². The third kappa shape index (κ3) is 3.78. The first kappa shape index (κ1) is 19.2. The van der Waals surface area contributed by atoms with Gasteiger partial charge in [-0.25, -0.2) is 9.97 Å². The predicted molar refractivity (Wildman–Crippen MR) is 131 cm³/mol. The topological polar surface area (TPSA) is 25.8 Å². The number of hydrogen-bond donors (Lipinski definition) is 0. The SMILES string of the molecule is C1=Cc2cc(CCc3nccc(CCc4ccc5c(c4)-c4ccccc4C5)n3)ccc2C1. The van der Waals surface area contributed by atoms with Crippen molar-refractivity contribution < 1.29 is 0 Å². The van der Waals surface area contributed by atoms with Crippen LogP contribution in [0.4, 0.5) is 0 Å². The molecule has 1 heterocycles. The maximum atomic E-state index is 4.86. The Hall–Kier alpha value is -3.52. The largest absolute Gasteiger partial charge is 0.241 e. The van der Waals surface area contributed by atoms with Crippen molar-refractivity contribution in [3.63, 3.8) is 0 Å². The number of aromatic nitrogens is 2. The van der Waals surface area contributed by atoms with Gasteiger partial charge >= 0.3 is 0 Å². The molecule has 156 valence electrons. The summed E-state index contributed by atoms with van der Waals surface area (Å²) < 4.78 is 0. The lowest BCUT2D eigenvalue weighted by Crippen LogP contribution is -2.03. The Labute approximate surface area is 189 Å². The van der Waals surface area contributed by atoms with Gasteiger partial charge in [0.2, 0.25) is 0 Å². The van der Waals surface area contributed by atoms with Crippen LogP contribution >= 0.6 is 0 Å². The molecule has 0 amide bonds. The molecule has 0 unspecified atom stereocenters. The Morgan fingerprint density at radius 2 is 1.50 bits per heavy atom. The van der Waals surface area contributed by atoms with E-state index in [9.17, 15) is 0 Å². The molecule has 0 fully saturated rings. The molecule has 2 heteroatoms. The van der Waals surface area contributed by atoms with Gasteiger partial charge in [0, 0.05) is 18.3 Å². The predicted octanol–water partition coefficient (Wildman–Crippen LogP) is 6.19. The van der Waals surface area contributed by atoms with Crippen LogP contribution in [0.1, 0.15) is 44.9 Å². The van der Waals surface area contributed by atoms with Gasteiger partial charge in [0.1, 0.15) is 5.82 Å². The van der Waals surface area contributed by atoms with E-state index in [0.29, 0.717) is 0 Å². The second-order valence-electron chi connectivity index (χ2n) is 8.93. The van der Waals surface area contributed by atoms with Gasteiger partial charge in [-0.2, -0.15) is 0 Å².